The monoisotopic (exact) mass is 385 g/mol. The lowest BCUT2D eigenvalue weighted by molar-refractivity contribution is -0.146. The lowest BCUT2D eigenvalue weighted by Gasteiger charge is -2.20. The molecule has 1 aliphatic heterocycles. The molecule has 0 aliphatic carbocycles. The fourth-order valence-electron chi connectivity index (χ4n) is 2.47. The second kappa shape index (κ2) is 8.33. The molecule has 0 saturated carbocycles. The second-order valence-electron chi connectivity index (χ2n) is 5.53. The average Bonchev–Trinajstić information content (AvgIpc) is 3.05. The predicted octanol–water partition coefficient (Wildman–Crippen LogP) is 1.92. The first-order chi connectivity index (χ1) is 13.1. The SMILES string of the molecule is N#Cc1ccsc1NC(=O)COC(=O)CN1C(=O)CCOc2ccccc21. The number of nitrogens with zero attached hydrogens (tertiary/aromatic N) is 2. The van der Waals surface area contributed by atoms with Gasteiger partial charge in [0, 0.05) is 0 Å². The highest BCUT2D eigenvalue weighted by atomic mass is 32.1. The minimum Gasteiger partial charge on any atom is -0.491 e. The Morgan fingerprint density at radius 3 is 2.96 bits per heavy atom. The van der Waals surface area contributed by atoms with E-state index < -0.39 is 18.5 Å². The number of esters is 1. The van der Waals surface area contributed by atoms with E-state index in [1.807, 2.05) is 6.07 Å². The van der Waals surface area contributed by atoms with E-state index >= 15 is 0 Å². The van der Waals surface area contributed by atoms with Gasteiger partial charge in [0.05, 0.1) is 24.3 Å². The zero-order chi connectivity index (χ0) is 19.2. The number of rotatable bonds is 5. The van der Waals surface area contributed by atoms with Crippen LogP contribution in [0.1, 0.15) is 12.0 Å². The Morgan fingerprint density at radius 2 is 2.15 bits per heavy atom. The Hall–Kier alpha value is -3.38. The van der Waals surface area contributed by atoms with Crippen LogP contribution in [0.4, 0.5) is 10.7 Å². The molecular weight excluding hydrogens is 370 g/mol. The Kier molecular flexibility index (Phi) is 5.68. The normalized spacial score (nSPS) is 13.0. The largest absolute Gasteiger partial charge is 0.491 e. The molecule has 27 heavy (non-hydrogen) atoms. The molecule has 1 N–H and O–H groups in total. The molecule has 1 aliphatic rings. The fourth-order valence-corrected chi connectivity index (χ4v) is 3.22. The molecule has 2 heterocycles. The van der Waals surface area contributed by atoms with Crippen LogP contribution in [0.2, 0.25) is 0 Å². The summed E-state index contributed by atoms with van der Waals surface area (Å²) in [6.07, 6.45) is 0.137. The van der Waals surface area contributed by atoms with Crippen molar-refractivity contribution >= 4 is 39.8 Å². The highest BCUT2D eigenvalue weighted by molar-refractivity contribution is 7.14. The summed E-state index contributed by atoms with van der Waals surface area (Å²) in [5, 5.41) is 13.5. The number of fused-ring (bicyclic) bond motifs is 1. The number of para-hydroxylation sites is 2. The number of carbonyl (C=O) groups is 3. The maximum atomic E-state index is 12.3. The Balaban J connectivity index is 1.58. The summed E-state index contributed by atoms with van der Waals surface area (Å²) in [7, 11) is 0. The number of hydrogen-bond acceptors (Lipinski definition) is 7. The molecular formula is C18H15N3O5S. The van der Waals surface area contributed by atoms with Crippen LogP contribution in [-0.4, -0.2) is 37.5 Å². The van der Waals surface area contributed by atoms with Crippen molar-refractivity contribution in [2.45, 2.75) is 6.42 Å². The van der Waals surface area contributed by atoms with E-state index in [1.54, 1.807) is 35.7 Å². The van der Waals surface area contributed by atoms with Gasteiger partial charge in [-0.25, -0.2) is 0 Å². The molecule has 8 nitrogen and oxygen atoms in total. The van der Waals surface area contributed by atoms with Crippen molar-refractivity contribution in [2.24, 2.45) is 0 Å². The maximum absolute atomic E-state index is 12.3. The molecule has 0 radical (unpaired) electrons. The Labute approximate surface area is 158 Å². The van der Waals surface area contributed by atoms with Crippen molar-refractivity contribution in [3.63, 3.8) is 0 Å². The van der Waals surface area contributed by atoms with Gasteiger partial charge in [0.2, 0.25) is 5.91 Å². The first-order valence-corrected chi connectivity index (χ1v) is 8.91. The quantitative estimate of drug-likeness (QED) is 0.788. The highest BCUT2D eigenvalue weighted by Crippen LogP contribution is 2.30. The number of nitriles is 1. The Morgan fingerprint density at radius 1 is 1.33 bits per heavy atom. The third kappa shape index (κ3) is 4.43. The van der Waals surface area contributed by atoms with Crippen LogP contribution in [0.3, 0.4) is 0 Å². The number of anilines is 2. The summed E-state index contributed by atoms with van der Waals surface area (Å²) in [5.41, 5.74) is 0.824. The van der Waals surface area contributed by atoms with Crippen LogP contribution in [0.25, 0.3) is 0 Å². The average molecular weight is 385 g/mol. The number of carbonyl (C=O) groups excluding carboxylic acids is 3. The predicted molar refractivity (Wildman–Crippen MR) is 97.5 cm³/mol. The van der Waals surface area contributed by atoms with Crippen LogP contribution in [0, 0.1) is 11.3 Å². The Bertz CT molecular complexity index is 918. The molecule has 0 spiro atoms. The van der Waals surface area contributed by atoms with Crippen LogP contribution in [0.5, 0.6) is 5.75 Å². The third-order valence-corrected chi connectivity index (χ3v) is 4.55. The first-order valence-electron chi connectivity index (χ1n) is 8.03. The summed E-state index contributed by atoms with van der Waals surface area (Å²) in [6, 6.07) is 10.4. The summed E-state index contributed by atoms with van der Waals surface area (Å²) < 4.78 is 10.5. The molecule has 0 fully saturated rings. The van der Waals surface area contributed by atoms with Gasteiger partial charge < -0.3 is 14.8 Å². The van der Waals surface area contributed by atoms with Gasteiger partial charge in [0.15, 0.2) is 6.61 Å². The molecule has 9 heteroatoms. The lowest BCUT2D eigenvalue weighted by Crippen LogP contribution is -2.36. The van der Waals surface area contributed by atoms with Gasteiger partial charge in [-0.3, -0.25) is 19.3 Å². The molecule has 0 bridgehead atoms. The molecule has 2 amide bonds. The minimum absolute atomic E-state index is 0.137. The number of hydrogen-bond donors (Lipinski definition) is 1. The molecule has 0 unspecified atom stereocenters. The smallest absolute Gasteiger partial charge is 0.326 e. The van der Waals surface area contributed by atoms with Crippen LogP contribution in [0.15, 0.2) is 35.7 Å². The van der Waals surface area contributed by atoms with Gasteiger partial charge in [0.25, 0.3) is 5.91 Å². The van der Waals surface area contributed by atoms with Crippen molar-refractivity contribution in [1.82, 2.24) is 0 Å². The van der Waals surface area contributed by atoms with E-state index in [9.17, 15) is 14.4 Å². The molecule has 1 aromatic heterocycles. The van der Waals surface area contributed by atoms with E-state index in [-0.39, 0.29) is 25.5 Å². The topological polar surface area (TPSA) is 109 Å². The fraction of sp³-hybridized carbons (Fsp3) is 0.222. The number of ether oxygens (including phenoxy) is 2. The zero-order valence-corrected chi connectivity index (χ0v) is 15.0. The van der Waals surface area contributed by atoms with Gasteiger partial charge >= 0.3 is 5.97 Å². The van der Waals surface area contributed by atoms with Crippen molar-refractivity contribution in [1.29, 1.82) is 5.26 Å². The van der Waals surface area contributed by atoms with E-state index in [2.05, 4.69) is 5.32 Å². The highest BCUT2D eigenvalue weighted by Gasteiger charge is 2.25. The number of benzene rings is 1. The zero-order valence-electron chi connectivity index (χ0n) is 14.1. The summed E-state index contributed by atoms with van der Waals surface area (Å²) in [4.78, 5) is 37.6. The first kappa shape index (κ1) is 18.4. The van der Waals surface area contributed by atoms with Gasteiger partial charge in [-0.15, -0.1) is 11.3 Å². The van der Waals surface area contributed by atoms with Gasteiger partial charge in [0.1, 0.15) is 23.4 Å². The standard InChI is InChI=1S/C18H15N3O5S/c19-9-12-6-8-27-18(12)20-15(22)11-26-17(24)10-21-13-3-1-2-4-14(13)25-7-5-16(21)23/h1-4,6,8H,5,7,10-11H2,(H,20,22). The van der Waals surface area contributed by atoms with Crippen molar-refractivity contribution in [3.8, 4) is 11.8 Å². The second-order valence-corrected chi connectivity index (χ2v) is 6.45. The van der Waals surface area contributed by atoms with E-state index in [0.717, 1.165) is 0 Å². The van der Waals surface area contributed by atoms with Crippen LogP contribution < -0.4 is 15.0 Å². The van der Waals surface area contributed by atoms with Crippen molar-refractivity contribution < 1.29 is 23.9 Å². The molecule has 2 aromatic rings. The summed E-state index contributed by atoms with van der Waals surface area (Å²) >= 11 is 1.20. The van der Waals surface area contributed by atoms with Crippen LogP contribution >= 0.6 is 11.3 Å². The number of amides is 2. The van der Waals surface area contributed by atoms with Gasteiger partial charge in [-0.2, -0.15) is 5.26 Å². The third-order valence-electron chi connectivity index (χ3n) is 3.72. The van der Waals surface area contributed by atoms with Gasteiger partial charge in [-0.1, -0.05) is 12.1 Å². The van der Waals surface area contributed by atoms with Crippen LogP contribution in [-0.2, 0) is 19.1 Å². The molecule has 3 rings (SSSR count). The van der Waals surface area contributed by atoms with E-state index in [0.29, 0.717) is 22.0 Å². The maximum Gasteiger partial charge on any atom is 0.326 e. The van der Waals surface area contributed by atoms with Gasteiger partial charge in [-0.05, 0) is 23.6 Å². The van der Waals surface area contributed by atoms with Crippen molar-refractivity contribution in [2.75, 3.05) is 30.0 Å². The molecule has 138 valence electrons. The molecule has 1 aromatic carbocycles. The minimum atomic E-state index is -0.720. The molecule has 0 atom stereocenters. The van der Waals surface area contributed by atoms with E-state index in [4.69, 9.17) is 14.7 Å². The molecule has 0 saturated heterocycles. The summed E-state index contributed by atoms with van der Waals surface area (Å²) in [5.74, 6) is -1.04. The van der Waals surface area contributed by atoms with Crippen molar-refractivity contribution in [3.05, 3.63) is 41.3 Å². The lowest BCUT2D eigenvalue weighted by atomic mass is 10.2. The number of thiophene rings is 1. The van der Waals surface area contributed by atoms with E-state index in [1.165, 1.54) is 16.2 Å². The number of nitrogens with one attached hydrogen (secondary N) is 1. The summed E-state index contributed by atoms with van der Waals surface area (Å²) in [6.45, 7) is -0.609.